The van der Waals surface area contributed by atoms with Gasteiger partial charge in [-0.2, -0.15) is 10.5 Å². The molecule has 2 bridgehead atoms. The molecule has 0 spiro atoms. The second-order valence-electron chi connectivity index (χ2n) is 11.7. The molecule has 3 heterocycles. The molecular weight excluding hydrogens is 484 g/mol. The lowest BCUT2D eigenvalue weighted by molar-refractivity contribution is -0.141. The predicted octanol–water partition coefficient (Wildman–Crippen LogP) is 2.56. The van der Waals surface area contributed by atoms with Gasteiger partial charge < -0.3 is 19.9 Å². The van der Waals surface area contributed by atoms with Crippen LogP contribution in [0.4, 0.5) is 4.79 Å². The number of hydrogen-bond donors (Lipinski definition) is 1. The Morgan fingerprint density at radius 2 is 1.84 bits per heavy atom. The van der Waals surface area contributed by atoms with Crippen molar-refractivity contribution in [2.45, 2.75) is 83.3 Å². The summed E-state index contributed by atoms with van der Waals surface area (Å²) < 4.78 is 5.42. The number of hydrogen-bond acceptors (Lipinski definition) is 7. The van der Waals surface area contributed by atoms with Gasteiger partial charge in [-0.05, 0) is 64.2 Å². The number of fused-ring (bicyclic) bond motifs is 2. The highest BCUT2D eigenvalue weighted by molar-refractivity contribution is 5.88. The molecule has 1 aromatic rings. The van der Waals surface area contributed by atoms with Crippen molar-refractivity contribution in [3.63, 3.8) is 0 Å². The van der Waals surface area contributed by atoms with Crippen LogP contribution in [0.15, 0.2) is 24.3 Å². The van der Waals surface area contributed by atoms with E-state index in [1.54, 1.807) is 37.8 Å². The Hall–Kier alpha value is -3.63. The van der Waals surface area contributed by atoms with Crippen LogP contribution in [0, 0.1) is 28.6 Å². The first kappa shape index (κ1) is 27.4. The predicted molar refractivity (Wildman–Crippen MR) is 138 cm³/mol. The van der Waals surface area contributed by atoms with Crippen molar-refractivity contribution in [2.24, 2.45) is 5.92 Å². The molecule has 1 aromatic carbocycles. The molecule has 3 aliphatic heterocycles. The SMILES string of the molecule is CC1CC(C#N)N(C(=O)C(CN2C[C@@H]3CC2C(=O)N3C(C)c2ccc(C#N)cc2)NC(=O)OC(C)(C)C)C1. The summed E-state index contributed by atoms with van der Waals surface area (Å²) in [5.41, 5.74) is 0.794. The van der Waals surface area contributed by atoms with E-state index in [1.807, 2.05) is 35.8 Å². The summed E-state index contributed by atoms with van der Waals surface area (Å²) in [6.45, 7) is 10.4. The number of ether oxygens (including phenoxy) is 1. The number of alkyl carbamates (subject to hydrolysis) is 1. The topological polar surface area (TPSA) is 130 Å². The standard InChI is InChI=1S/C28H36N6O4/c1-17-10-21(13-30)33(14-17)25(35)23(31-27(37)38-28(3,4)5)16-32-15-22-11-24(32)26(36)34(22)18(2)20-8-6-19(12-29)7-9-20/h6-9,17-18,21-24H,10-11,14-16H2,1-5H3,(H,31,37)/t17?,18?,21?,22-,23?,24?/m0/s1. The smallest absolute Gasteiger partial charge is 0.408 e. The summed E-state index contributed by atoms with van der Waals surface area (Å²) in [5.74, 6) is -0.150. The minimum atomic E-state index is -0.942. The average molecular weight is 521 g/mol. The molecule has 3 amide bonds. The summed E-state index contributed by atoms with van der Waals surface area (Å²) in [4.78, 5) is 45.1. The fourth-order valence-corrected chi connectivity index (χ4v) is 5.88. The highest BCUT2D eigenvalue weighted by atomic mass is 16.6. The number of rotatable bonds is 6. The van der Waals surface area contributed by atoms with E-state index in [4.69, 9.17) is 10.00 Å². The number of amides is 3. The average Bonchev–Trinajstić information content (AvgIpc) is 3.53. The summed E-state index contributed by atoms with van der Waals surface area (Å²) in [5, 5.41) is 21.4. The largest absolute Gasteiger partial charge is 0.444 e. The molecule has 6 atom stereocenters. The number of piperazine rings is 1. The van der Waals surface area contributed by atoms with Crippen LogP contribution in [0.3, 0.4) is 0 Å². The Kier molecular flexibility index (Phi) is 7.66. The van der Waals surface area contributed by atoms with E-state index in [9.17, 15) is 19.6 Å². The maximum absolute atomic E-state index is 13.6. The maximum atomic E-state index is 13.6. The Bertz CT molecular complexity index is 1160. The summed E-state index contributed by atoms with van der Waals surface area (Å²) in [7, 11) is 0. The van der Waals surface area contributed by atoms with E-state index in [0.717, 1.165) is 5.56 Å². The number of nitriles is 2. The van der Waals surface area contributed by atoms with Crippen molar-refractivity contribution >= 4 is 17.9 Å². The Morgan fingerprint density at radius 1 is 1.16 bits per heavy atom. The Balaban J connectivity index is 1.48. The molecule has 4 rings (SSSR count). The molecule has 10 heteroatoms. The lowest BCUT2D eigenvalue weighted by atomic mass is 10.0. The molecule has 3 aliphatic rings. The number of carbonyl (C=O) groups excluding carboxylic acids is 3. The van der Waals surface area contributed by atoms with E-state index >= 15 is 0 Å². The minimum absolute atomic E-state index is 0.00808. The van der Waals surface area contributed by atoms with Gasteiger partial charge in [0.2, 0.25) is 11.8 Å². The molecule has 0 saturated carbocycles. The highest BCUT2D eigenvalue weighted by Crippen LogP contribution is 2.38. The van der Waals surface area contributed by atoms with Gasteiger partial charge in [-0.1, -0.05) is 19.1 Å². The van der Waals surface area contributed by atoms with E-state index in [2.05, 4.69) is 17.5 Å². The first-order chi connectivity index (χ1) is 17.9. The van der Waals surface area contributed by atoms with Crippen molar-refractivity contribution < 1.29 is 19.1 Å². The quantitative estimate of drug-likeness (QED) is 0.610. The molecule has 0 aromatic heterocycles. The number of nitrogens with zero attached hydrogens (tertiary/aromatic N) is 5. The van der Waals surface area contributed by atoms with E-state index < -0.39 is 23.8 Å². The van der Waals surface area contributed by atoms with Crippen LogP contribution < -0.4 is 5.32 Å². The number of likely N-dealkylation sites (tertiary alicyclic amines) is 3. The van der Waals surface area contributed by atoms with Crippen LogP contribution in [0.2, 0.25) is 0 Å². The third-order valence-electron chi connectivity index (χ3n) is 7.60. The lowest BCUT2D eigenvalue weighted by Gasteiger charge is -2.39. The van der Waals surface area contributed by atoms with Crippen LogP contribution >= 0.6 is 0 Å². The highest BCUT2D eigenvalue weighted by Gasteiger charge is 2.52. The summed E-state index contributed by atoms with van der Waals surface area (Å²) >= 11 is 0. The van der Waals surface area contributed by atoms with Crippen molar-refractivity contribution in [3.8, 4) is 12.1 Å². The number of benzene rings is 1. The molecule has 3 fully saturated rings. The maximum Gasteiger partial charge on any atom is 0.408 e. The first-order valence-corrected chi connectivity index (χ1v) is 13.2. The molecule has 0 radical (unpaired) electrons. The lowest BCUT2D eigenvalue weighted by Crippen LogP contribution is -2.59. The van der Waals surface area contributed by atoms with Crippen molar-refractivity contribution in [3.05, 3.63) is 35.4 Å². The molecule has 1 N–H and O–H groups in total. The van der Waals surface area contributed by atoms with Gasteiger partial charge in [-0.15, -0.1) is 0 Å². The normalized spacial score (nSPS) is 26.6. The molecular formula is C28H36N6O4. The third kappa shape index (κ3) is 5.61. The molecule has 38 heavy (non-hydrogen) atoms. The number of nitrogens with one attached hydrogen (secondary N) is 1. The van der Waals surface area contributed by atoms with Gasteiger partial charge in [-0.3, -0.25) is 14.5 Å². The van der Waals surface area contributed by atoms with Crippen LogP contribution in [0.5, 0.6) is 0 Å². The number of carbonyl (C=O) groups is 3. The second-order valence-corrected chi connectivity index (χ2v) is 11.7. The van der Waals surface area contributed by atoms with E-state index in [-0.39, 0.29) is 42.4 Å². The summed E-state index contributed by atoms with van der Waals surface area (Å²) in [6, 6.07) is 9.55. The minimum Gasteiger partial charge on any atom is -0.444 e. The van der Waals surface area contributed by atoms with Gasteiger partial charge in [0.05, 0.1) is 29.8 Å². The molecule has 5 unspecified atom stereocenters. The van der Waals surface area contributed by atoms with E-state index in [0.29, 0.717) is 31.5 Å². The van der Waals surface area contributed by atoms with Gasteiger partial charge in [0.25, 0.3) is 0 Å². The summed E-state index contributed by atoms with van der Waals surface area (Å²) in [6.07, 6.45) is 0.536. The Labute approximate surface area is 224 Å². The molecule has 10 nitrogen and oxygen atoms in total. The molecule has 0 aliphatic carbocycles. The van der Waals surface area contributed by atoms with Gasteiger partial charge in [0.1, 0.15) is 17.7 Å². The van der Waals surface area contributed by atoms with Crippen LogP contribution in [0.25, 0.3) is 0 Å². The zero-order valence-corrected chi connectivity index (χ0v) is 22.7. The van der Waals surface area contributed by atoms with Crippen molar-refractivity contribution in [2.75, 3.05) is 19.6 Å². The van der Waals surface area contributed by atoms with Crippen LogP contribution in [-0.2, 0) is 14.3 Å². The van der Waals surface area contributed by atoms with Gasteiger partial charge >= 0.3 is 6.09 Å². The third-order valence-corrected chi connectivity index (χ3v) is 7.60. The second kappa shape index (κ2) is 10.6. The van der Waals surface area contributed by atoms with Gasteiger partial charge in [0, 0.05) is 25.7 Å². The molecule has 202 valence electrons. The zero-order valence-electron chi connectivity index (χ0n) is 22.7. The fourth-order valence-electron chi connectivity index (χ4n) is 5.88. The van der Waals surface area contributed by atoms with Crippen LogP contribution in [0.1, 0.15) is 64.6 Å². The van der Waals surface area contributed by atoms with E-state index in [1.165, 1.54) is 0 Å². The molecule has 3 saturated heterocycles. The first-order valence-electron chi connectivity index (χ1n) is 13.2. The monoisotopic (exact) mass is 520 g/mol. The fraction of sp³-hybridized carbons (Fsp3) is 0.607. The van der Waals surface area contributed by atoms with Crippen molar-refractivity contribution in [1.82, 2.24) is 20.0 Å². The van der Waals surface area contributed by atoms with Crippen LogP contribution in [-0.4, -0.2) is 82.0 Å². The van der Waals surface area contributed by atoms with Gasteiger partial charge in [0.15, 0.2) is 0 Å². The Morgan fingerprint density at radius 3 is 2.42 bits per heavy atom. The van der Waals surface area contributed by atoms with Gasteiger partial charge in [-0.25, -0.2) is 4.79 Å². The zero-order chi connectivity index (χ0) is 27.8. The van der Waals surface area contributed by atoms with Crippen molar-refractivity contribution in [1.29, 1.82) is 10.5 Å².